The van der Waals surface area contributed by atoms with E-state index >= 15 is 0 Å². The lowest BCUT2D eigenvalue weighted by molar-refractivity contribution is -0.122. The molecule has 142 valence electrons. The lowest BCUT2D eigenvalue weighted by Crippen LogP contribution is -2.54. The number of piperazine rings is 1. The van der Waals surface area contributed by atoms with Gasteiger partial charge in [0, 0.05) is 44.5 Å². The second-order valence-electron chi connectivity index (χ2n) is 7.30. The van der Waals surface area contributed by atoms with Crippen LogP contribution in [0.4, 0.5) is 0 Å². The van der Waals surface area contributed by atoms with Gasteiger partial charge in [-0.25, -0.2) is 0 Å². The first-order valence-corrected chi connectivity index (χ1v) is 10.6. The minimum absolute atomic E-state index is 0.150. The van der Waals surface area contributed by atoms with Gasteiger partial charge in [-0.2, -0.15) is 11.8 Å². The minimum atomic E-state index is -0.645. The van der Waals surface area contributed by atoms with Crippen LogP contribution < -0.4 is 10.6 Å². The SMILES string of the molecule is CCNC(=NCC1(O)CCSC1)N1CCN(CC(=O)NC2CC2)CC1. The Bertz CT molecular complexity index is 483. The molecule has 0 spiro atoms. The van der Waals surface area contributed by atoms with Gasteiger partial charge in [-0.3, -0.25) is 14.7 Å². The van der Waals surface area contributed by atoms with E-state index < -0.39 is 5.60 Å². The Labute approximate surface area is 154 Å². The highest BCUT2D eigenvalue weighted by Gasteiger charge is 2.32. The van der Waals surface area contributed by atoms with Crippen molar-refractivity contribution in [1.82, 2.24) is 20.4 Å². The molecule has 3 N–H and O–H groups in total. The highest BCUT2D eigenvalue weighted by atomic mass is 32.2. The van der Waals surface area contributed by atoms with Crippen molar-refractivity contribution >= 4 is 23.6 Å². The molecule has 1 atom stereocenters. The summed E-state index contributed by atoms with van der Waals surface area (Å²) in [6.45, 7) is 7.28. The second-order valence-corrected chi connectivity index (χ2v) is 8.41. The standard InChI is InChI=1S/C17H31N5O2S/c1-2-18-16(19-12-17(24)5-10-25-13-17)22-8-6-21(7-9-22)11-15(23)20-14-3-4-14/h14,24H,2-13H2,1H3,(H,18,19)(H,20,23). The van der Waals surface area contributed by atoms with E-state index in [-0.39, 0.29) is 5.91 Å². The van der Waals surface area contributed by atoms with Crippen molar-refractivity contribution in [2.45, 2.75) is 37.8 Å². The van der Waals surface area contributed by atoms with Gasteiger partial charge in [0.15, 0.2) is 5.96 Å². The van der Waals surface area contributed by atoms with Crippen molar-refractivity contribution in [2.75, 3.05) is 57.3 Å². The minimum Gasteiger partial charge on any atom is -0.387 e. The molecule has 1 aliphatic carbocycles. The number of nitrogens with one attached hydrogen (secondary N) is 2. The van der Waals surface area contributed by atoms with Crippen molar-refractivity contribution in [2.24, 2.45) is 4.99 Å². The highest BCUT2D eigenvalue weighted by Crippen LogP contribution is 2.28. The smallest absolute Gasteiger partial charge is 0.234 e. The van der Waals surface area contributed by atoms with Crippen LogP contribution in [0, 0.1) is 0 Å². The van der Waals surface area contributed by atoms with Gasteiger partial charge in [-0.05, 0) is 31.9 Å². The lowest BCUT2D eigenvalue weighted by Gasteiger charge is -2.36. The number of hydrogen-bond donors (Lipinski definition) is 3. The van der Waals surface area contributed by atoms with Crippen LogP contribution in [0.2, 0.25) is 0 Å². The monoisotopic (exact) mass is 369 g/mol. The van der Waals surface area contributed by atoms with E-state index in [1.165, 1.54) is 0 Å². The zero-order valence-electron chi connectivity index (χ0n) is 15.2. The van der Waals surface area contributed by atoms with Crippen LogP contribution in [0.1, 0.15) is 26.2 Å². The predicted octanol–water partition coefficient (Wildman–Crippen LogP) is -0.284. The number of nitrogens with zero attached hydrogens (tertiary/aromatic N) is 3. The van der Waals surface area contributed by atoms with Crippen LogP contribution in [-0.2, 0) is 4.79 Å². The molecular formula is C17H31N5O2S. The summed E-state index contributed by atoms with van der Waals surface area (Å²) in [6.07, 6.45) is 3.09. The summed E-state index contributed by atoms with van der Waals surface area (Å²) in [5, 5.41) is 16.9. The Balaban J connectivity index is 1.46. The summed E-state index contributed by atoms with van der Waals surface area (Å²) in [4.78, 5) is 21.1. The molecule has 1 amide bonds. The summed E-state index contributed by atoms with van der Waals surface area (Å²) in [5.74, 6) is 2.83. The molecule has 25 heavy (non-hydrogen) atoms. The zero-order chi connectivity index (χ0) is 17.7. The maximum Gasteiger partial charge on any atom is 0.234 e. The quantitative estimate of drug-likeness (QED) is 0.441. The number of carbonyl (C=O) groups is 1. The Morgan fingerprint density at radius 2 is 2.08 bits per heavy atom. The molecule has 2 aliphatic heterocycles. The Morgan fingerprint density at radius 1 is 1.32 bits per heavy atom. The van der Waals surface area contributed by atoms with Crippen LogP contribution in [0.3, 0.4) is 0 Å². The fourth-order valence-corrected chi connectivity index (χ4v) is 4.48. The topological polar surface area (TPSA) is 80.2 Å². The van der Waals surface area contributed by atoms with Crippen LogP contribution in [0.5, 0.6) is 0 Å². The maximum atomic E-state index is 11.9. The normalized spacial score (nSPS) is 28.2. The van der Waals surface area contributed by atoms with Gasteiger partial charge in [0.2, 0.25) is 5.91 Å². The number of amides is 1. The third-order valence-electron chi connectivity index (χ3n) is 4.92. The van der Waals surface area contributed by atoms with E-state index in [0.29, 0.717) is 19.1 Å². The molecule has 0 bridgehead atoms. The molecule has 0 aromatic carbocycles. The van der Waals surface area contributed by atoms with Crippen molar-refractivity contribution in [3.8, 4) is 0 Å². The Hall–Kier alpha value is -0.990. The van der Waals surface area contributed by atoms with E-state index in [4.69, 9.17) is 4.99 Å². The van der Waals surface area contributed by atoms with Gasteiger partial charge >= 0.3 is 0 Å². The van der Waals surface area contributed by atoms with E-state index in [2.05, 4.69) is 27.4 Å². The van der Waals surface area contributed by atoms with Gasteiger partial charge in [0.05, 0.1) is 18.7 Å². The number of hydrogen-bond acceptors (Lipinski definition) is 5. The predicted molar refractivity (Wildman–Crippen MR) is 102 cm³/mol. The van der Waals surface area contributed by atoms with Gasteiger partial charge in [-0.15, -0.1) is 0 Å². The first-order chi connectivity index (χ1) is 12.1. The van der Waals surface area contributed by atoms with E-state index in [1.54, 1.807) is 11.8 Å². The summed E-state index contributed by atoms with van der Waals surface area (Å²) >= 11 is 1.80. The average molecular weight is 370 g/mol. The van der Waals surface area contributed by atoms with E-state index in [9.17, 15) is 9.90 Å². The van der Waals surface area contributed by atoms with Crippen LogP contribution in [0.25, 0.3) is 0 Å². The van der Waals surface area contributed by atoms with Crippen LogP contribution in [0.15, 0.2) is 4.99 Å². The molecule has 3 rings (SSSR count). The highest BCUT2D eigenvalue weighted by molar-refractivity contribution is 7.99. The van der Waals surface area contributed by atoms with E-state index in [0.717, 1.165) is 69.5 Å². The molecule has 3 fully saturated rings. The molecule has 7 nitrogen and oxygen atoms in total. The van der Waals surface area contributed by atoms with Gasteiger partial charge < -0.3 is 20.6 Å². The number of carbonyl (C=O) groups excluding carboxylic acids is 1. The lowest BCUT2D eigenvalue weighted by atomic mass is 10.0. The van der Waals surface area contributed by atoms with Crippen LogP contribution >= 0.6 is 11.8 Å². The maximum absolute atomic E-state index is 11.9. The zero-order valence-corrected chi connectivity index (χ0v) is 16.0. The van der Waals surface area contributed by atoms with Crippen molar-refractivity contribution in [1.29, 1.82) is 0 Å². The van der Waals surface area contributed by atoms with Crippen LogP contribution in [-0.4, -0.2) is 95.7 Å². The molecule has 0 aromatic heterocycles. The molecule has 0 aromatic rings. The largest absolute Gasteiger partial charge is 0.387 e. The van der Waals surface area contributed by atoms with Crippen molar-refractivity contribution < 1.29 is 9.90 Å². The van der Waals surface area contributed by atoms with E-state index in [1.807, 2.05) is 0 Å². The number of thioether (sulfide) groups is 1. The summed E-state index contributed by atoms with van der Waals surface area (Å²) in [6, 6.07) is 0.431. The number of rotatable bonds is 6. The Kier molecular flexibility index (Phi) is 6.46. The summed E-state index contributed by atoms with van der Waals surface area (Å²) in [7, 11) is 0. The number of aliphatic imine (C=N–C) groups is 1. The van der Waals surface area contributed by atoms with Gasteiger partial charge in [-0.1, -0.05) is 0 Å². The molecule has 2 saturated heterocycles. The van der Waals surface area contributed by atoms with Gasteiger partial charge in [0.25, 0.3) is 0 Å². The van der Waals surface area contributed by atoms with Gasteiger partial charge in [0.1, 0.15) is 0 Å². The molecule has 8 heteroatoms. The first kappa shape index (κ1) is 18.8. The van der Waals surface area contributed by atoms with Crippen molar-refractivity contribution in [3.63, 3.8) is 0 Å². The molecule has 3 aliphatic rings. The van der Waals surface area contributed by atoms with Crippen molar-refractivity contribution in [3.05, 3.63) is 0 Å². The molecule has 1 saturated carbocycles. The fraction of sp³-hybridized carbons (Fsp3) is 0.882. The first-order valence-electron chi connectivity index (χ1n) is 9.43. The molecule has 1 unspecified atom stereocenters. The third kappa shape index (κ3) is 5.76. The molecule has 0 radical (unpaired) electrons. The Morgan fingerprint density at radius 3 is 2.68 bits per heavy atom. The fourth-order valence-electron chi connectivity index (χ4n) is 3.19. The number of aliphatic hydroxyl groups is 1. The second kappa shape index (κ2) is 8.60. The number of guanidine groups is 1. The molecule has 2 heterocycles. The molecular weight excluding hydrogens is 338 g/mol. The third-order valence-corrected chi connectivity index (χ3v) is 6.16. The summed E-state index contributed by atoms with van der Waals surface area (Å²) in [5.41, 5.74) is -0.645. The average Bonchev–Trinajstić information content (AvgIpc) is 3.30. The summed E-state index contributed by atoms with van der Waals surface area (Å²) < 4.78 is 0.